The molecule has 0 saturated carbocycles. The van der Waals surface area contributed by atoms with Crippen LogP contribution in [0.1, 0.15) is 30.9 Å². The van der Waals surface area contributed by atoms with E-state index in [0.29, 0.717) is 23.7 Å². The Morgan fingerprint density at radius 1 is 1.12 bits per heavy atom. The molecule has 1 atom stereocenters. The molecule has 0 spiro atoms. The van der Waals surface area contributed by atoms with Crippen LogP contribution >= 0.6 is 0 Å². The summed E-state index contributed by atoms with van der Waals surface area (Å²) in [7, 11) is 3.13. The fraction of sp³-hybridized carbons (Fsp3) is 0.280. The molecule has 2 aromatic rings. The number of nitrogens with zero attached hydrogens (tertiary/aromatic N) is 1. The van der Waals surface area contributed by atoms with Crippen LogP contribution in [0, 0.1) is 11.3 Å². The smallest absolute Gasteiger partial charge is 0.338 e. The molecular formula is C25H26N2O6. The summed E-state index contributed by atoms with van der Waals surface area (Å²) >= 11 is 0. The largest absolute Gasteiger partial charge is 0.497 e. The monoisotopic (exact) mass is 450 g/mol. The van der Waals surface area contributed by atoms with Gasteiger partial charge in [0.05, 0.1) is 32.3 Å². The minimum atomic E-state index is -0.757. The predicted octanol–water partition coefficient (Wildman–Crippen LogP) is 3.93. The van der Waals surface area contributed by atoms with Crippen LogP contribution in [0.15, 0.2) is 65.3 Å². The fourth-order valence-electron chi connectivity index (χ4n) is 3.55. The average molecular weight is 450 g/mol. The zero-order valence-corrected chi connectivity index (χ0v) is 19.0. The predicted molar refractivity (Wildman–Crippen MR) is 120 cm³/mol. The summed E-state index contributed by atoms with van der Waals surface area (Å²) in [6, 6.07) is 14.8. The molecule has 0 radical (unpaired) electrons. The number of ether oxygens (including phenoxy) is 5. The van der Waals surface area contributed by atoms with Gasteiger partial charge in [0, 0.05) is 0 Å². The molecule has 33 heavy (non-hydrogen) atoms. The number of nitrogens with two attached hydrogens (primary N) is 1. The van der Waals surface area contributed by atoms with Crippen LogP contribution < -0.4 is 19.9 Å². The minimum absolute atomic E-state index is 0.0492. The molecule has 1 unspecified atom stereocenters. The van der Waals surface area contributed by atoms with E-state index in [4.69, 9.17) is 29.4 Å². The van der Waals surface area contributed by atoms with Crippen molar-refractivity contribution >= 4 is 5.97 Å². The summed E-state index contributed by atoms with van der Waals surface area (Å²) in [6.07, 6.45) is 0. The second-order valence-electron chi connectivity index (χ2n) is 7.16. The highest BCUT2D eigenvalue weighted by Gasteiger charge is 2.36. The van der Waals surface area contributed by atoms with Crippen molar-refractivity contribution in [2.75, 3.05) is 20.8 Å². The Hall–Kier alpha value is -4.12. The van der Waals surface area contributed by atoms with Crippen molar-refractivity contribution in [1.29, 1.82) is 5.26 Å². The number of allylic oxidation sites excluding steroid dienone is 2. The van der Waals surface area contributed by atoms with Crippen molar-refractivity contribution in [2.24, 2.45) is 5.73 Å². The standard InChI is InChI=1S/C25H26N2O6/c1-5-31-25(28)22-15(2)33-24(27)19(13-26)23(22)17-8-11-20(21(12-17)30-4)32-14-16-6-9-18(29-3)10-7-16/h6-12,23H,5,14,27H2,1-4H3. The first-order valence-corrected chi connectivity index (χ1v) is 10.3. The third-order valence-corrected chi connectivity index (χ3v) is 5.18. The van der Waals surface area contributed by atoms with E-state index in [1.807, 2.05) is 24.3 Å². The van der Waals surface area contributed by atoms with E-state index in [1.54, 1.807) is 39.2 Å². The van der Waals surface area contributed by atoms with E-state index in [0.717, 1.165) is 11.3 Å². The molecule has 0 aliphatic carbocycles. The lowest BCUT2D eigenvalue weighted by molar-refractivity contribution is -0.139. The molecule has 0 saturated heterocycles. The molecule has 0 amide bonds. The Balaban J connectivity index is 1.94. The second-order valence-corrected chi connectivity index (χ2v) is 7.16. The molecule has 172 valence electrons. The highest BCUT2D eigenvalue weighted by molar-refractivity contribution is 5.92. The van der Waals surface area contributed by atoms with Crippen LogP contribution in [0.5, 0.6) is 17.2 Å². The summed E-state index contributed by atoms with van der Waals surface area (Å²) in [5.74, 6) is 0.632. The third kappa shape index (κ3) is 5.04. The zero-order chi connectivity index (χ0) is 24.0. The molecule has 8 heteroatoms. The van der Waals surface area contributed by atoms with Gasteiger partial charge in [-0.05, 0) is 49.2 Å². The van der Waals surface area contributed by atoms with Gasteiger partial charge < -0.3 is 29.4 Å². The second kappa shape index (κ2) is 10.5. The number of hydrogen-bond donors (Lipinski definition) is 1. The Kier molecular flexibility index (Phi) is 7.46. The lowest BCUT2D eigenvalue weighted by Crippen LogP contribution is -2.25. The molecule has 0 fully saturated rings. The van der Waals surface area contributed by atoms with Crippen LogP contribution in [0.2, 0.25) is 0 Å². The van der Waals surface area contributed by atoms with Crippen molar-refractivity contribution in [1.82, 2.24) is 0 Å². The van der Waals surface area contributed by atoms with E-state index in [-0.39, 0.29) is 29.4 Å². The van der Waals surface area contributed by atoms with E-state index >= 15 is 0 Å². The molecule has 3 rings (SSSR count). The molecular weight excluding hydrogens is 424 g/mol. The lowest BCUT2D eigenvalue weighted by atomic mass is 9.83. The summed E-state index contributed by atoms with van der Waals surface area (Å²) in [4.78, 5) is 12.7. The van der Waals surface area contributed by atoms with Gasteiger partial charge in [0.15, 0.2) is 11.5 Å². The van der Waals surface area contributed by atoms with Gasteiger partial charge in [-0.2, -0.15) is 5.26 Å². The normalized spacial score (nSPS) is 15.4. The van der Waals surface area contributed by atoms with Crippen LogP contribution in [-0.2, 0) is 20.9 Å². The quantitative estimate of drug-likeness (QED) is 0.602. The number of carbonyl (C=O) groups excluding carboxylic acids is 1. The van der Waals surface area contributed by atoms with Crippen molar-refractivity contribution in [3.8, 4) is 23.3 Å². The molecule has 0 aromatic heterocycles. The SMILES string of the molecule is CCOC(=O)C1=C(C)OC(N)=C(C#N)C1c1ccc(OCc2ccc(OC)cc2)c(OC)c1. The van der Waals surface area contributed by atoms with Crippen molar-refractivity contribution in [3.63, 3.8) is 0 Å². The summed E-state index contributed by atoms with van der Waals surface area (Å²) < 4.78 is 27.3. The maximum atomic E-state index is 12.7. The Morgan fingerprint density at radius 2 is 1.85 bits per heavy atom. The van der Waals surface area contributed by atoms with E-state index in [1.165, 1.54) is 7.11 Å². The first kappa shape index (κ1) is 23.5. The van der Waals surface area contributed by atoms with Gasteiger partial charge in [-0.15, -0.1) is 0 Å². The number of methoxy groups -OCH3 is 2. The molecule has 1 aliphatic rings. The highest BCUT2D eigenvalue weighted by atomic mass is 16.5. The Morgan fingerprint density at radius 3 is 2.45 bits per heavy atom. The molecule has 2 aromatic carbocycles. The Labute approximate surface area is 192 Å². The van der Waals surface area contributed by atoms with Crippen molar-refractivity contribution in [3.05, 3.63) is 76.4 Å². The van der Waals surface area contributed by atoms with Gasteiger partial charge in [-0.3, -0.25) is 0 Å². The molecule has 2 N–H and O–H groups in total. The summed E-state index contributed by atoms with van der Waals surface area (Å²) in [5, 5.41) is 9.73. The maximum Gasteiger partial charge on any atom is 0.338 e. The van der Waals surface area contributed by atoms with Gasteiger partial charge in [0.2, 0.25) is 5.88 Å². The van der Waals surface area contributed by atoms with Gasteiger partial charge in [0.1, 0.15) is 29.8 Å². The van der Waals surface area contributed by atoms with Crippen LogP contribution in [0.3, 0.4) is 0 Å². The summed E-state index contributed by atoms with van der Waals surface area (Å²) in [6.45, 7) is 3.83. The van der Waals surface area contributed by atoms with Crippen LogP contribution in [0.25, 0.3) is 0 Å². The van der Waals surface area contributed by atoms with Gasteiger partial charge in [-0.25, -0.2) is 4.79 Å². The van der Waals surface area contributed by atoms with Gasteiger partial charge >= 0.3 is 5.97 Å². The molecule has 1 heterocycles. The molecule has 1 aliphatic heterocycles. The third-order valence-electron chi connectivity index (χ3n) is 5.18. The molecule has 0 bridgehead atoms. The topological polar surface area (TPSA) is 113 Å². The number of carbonyl (C=O) groups is 1. The van der Waals surface area contributed by atoms with Crippen LogP contribution in [0.4, 0.5) is 0 Å². The van der Waals surface area contributed by atoms with Crippen molar-refractivity contribution in [2.45, 2.75) is 26.4 Å². The first-order chi connectivity index (χ1) is 15.9. The number of hydrogen-bond acceptors (Lipinski definition) is 8. The van der Waals surface area contributed by atoms with E-state index < -0.39 is 11.9 Å². The fourth-order valence-corrected chi connectivity index (χ4v) is 3.55. The van der Waals surface area contributed by atoms with E-state index in [9.17, 15) is 10.1 Å². The summed E-state index contributed by atoms with van der Waals surface area (Å²) in [5.41, 5.74) is 7.88. The number of benzene rings is 2. The minimum Gasteiger partial charge on any atom is -0.497 e. The van der Waals surface area contributed by atoms with Crippen LogP contribution in [-0.4, -0.2) is 26.8 Å². The molecule has 8 nitrogen and oxygen atoms in total. The first-order valence-electron chi connectivity index (χ1n) is 10.3. The van der Waals surface area contributed by atoms with Gasteiger partial charge in [0.25, 0.3) is 0 Å². The number of esters is 1. The number of rotatable bonds is 8. The Bertz CT molecular complexity index is 1130. The lowest BCUT2D eigenvalue weighted by Gasteiger charge is -2.27. The number of nitriles is 1. The average Bonchev–Trinajstić information content (AvgIpc) is 2.82. The van der Waals surface area contributed by atoms with Crippen molar-refractivity contribution < 1.29 is 28.5 Å². The highest BCUT2D eigenvalue weighted by Crippen LogP contribution is 2.42. The van der Waals surface area contributed by atoms with E-state index in [2.05, 4.69) is 6.07 Å². The zero-order valence-electron chi connectivity index (χ0n) is 19.0. The maximum absolute atomic E-state index is 12.7. The van der Waals surface area contributed by atoms with Gasteiger partial charge in [-0.1, -0.05) is 18.2 Å².